The summed E-state index contributed by atoms with van der Waals surface area (Å²) in [7, 11) is 0. The molecule has 2 aromatic heterocycles. The van der Waals surface area contributed by atoms with Crippen molar-refractivity contribution in [1.82, 2.24) is 13.1 Å². The largest absolute Gasteiger partial charge is 0.375 e. The number of pyridine rings is 1. The zero-order valence-corrected chi connectivity index (χ0v) is 20.1. The number of fused-ring (bicyclic) bond motifs is 1. The van der Waals surface area contributed by atoms with E-state index in [4.69, 9.17) is 5.73 Å². The van der Waals surface area contributed by atoms with Gasteiger partial charge in [0.15, 0.2) is 5.13 Å². The van der Waals surface area contributed by atoms with E-state index in [0.717, 1.165) is 53.1 Å². The highest BCUT2D eigenvalue weighted by molar-refractivity contribution is 14.1. The van der Waals surface area contributed by atoms with Crippen molar-refractivity contribution in [2.24, 2.45) is 0 Å². The third-order valence-electron chi connectivity index (χ3n) is 5.47. The number of benzene rings is 2. The fourth-order valence-corrected chi connectivity index (χ4v) is 4.87. The van der Waals surface area contributed by atoms with Crippen molar-refractivity contribution in [2.45, 2.75) is 0 Å². The van der Waals surface area contributed by atoms with Crippen LogP contribution in [0.5, 0.6) is 0 Å². The molecule has 1 aliphatic heterocycles. The molecule has 0 spiro atoms. The minimum Gasteiger partial charge on any atom is -0.375 e. The molecule has 4 aromatic rings. The number of anilines is 3. The van der Waals surface area contributed by atoms with Crippen LogP contribution < -0.4 is 16.0 Å². The maximum Gasteiger partial charge on any atom is 0.256 e. The van der Waals surface area contributed by atoms with Crippen molar-refractivity contribution in [3.8, 4) is 10.4 Å². The Balaban J connectivity index is 1.36. The number of hydrogen-bond donors (Lipinski definition) is 2. The molecule has 5 rings (SSSR count). The number of halogens is 1. The summed E-state index contributed by atoms with van der Waals surface area (Å²) in [6.07, 6.45) is 3.55. The lowest BCUT2D eigenvalue weighted by molar-refractivity contribution is 0.102. The molecular weight excluding hydrogens is 535 g/mol. The van der Waals surface area contributed by atoms with Gasteiger partial charge in [-0.3, -0.25) is 4.79 Å². The maximum absolute atomic E-state index is 12.9. The number of carbonyl (C=O) groups is 1. The van der Waals surface area contributed by atoms with Gasteiger partial charge in [-0.1, -0.05) is 29.5 Å². The summed E-state index contributed by atoms with van der Waals surface area (Å²) < 4.78 is 2.28. The first-order valence-corrected chi connectivity index (χ1v) is 12.0. The Morgan fingerprint density at radius 1 is 1.00 bits per heavy atom. The lowest BCUT2D eigenvalue weighted by Crippen LogP contribution is -2.42. The van der Waals surface area contributed by atoms with Crippen LogP contribution >= 0.6 is 34.2 Å². The summed E-state index contributed by atoms with van der Waals surface area (Å²) in [6.45, 7) is 3.92. The minimum atomic E-state index is -0.169. The van der Waals surface area contributed by atoms with E-state index in [1.807, 2.05) is 36.4 Å². The molecule has 7 nitrogen and oxygen atoms in total. The number of aromatic nitrogens is 2. The smallest absolute Gasteiger partial charge is 0.256 e. The highest BCUT2D eigenvalue weighted by Crippen LogP contribution is 2.30. The predicted molar refractivity (Wildman–Crippen MR) is 139 cm³/mol. The van der Waals surface area contributed by atoms with Gasteiger partial charge in [0.25, 0.3) is 5.91 Å². The number of piperazine rings is 1. The van der Waals surface area contributed by atoms with E-state index in [1.165, 1.54) is 11.3 Å². The number of amides is 1. The van der Waals surface area contributed by atoms with E-state index in [-0.39, 0.29) is 5.91 Å². The van der Waals surface area contributed by atoms with Crippen molar-refractivity contribution in [3.63, 3.8) is 0 Å². The van der Waals surface area contributed by atoms with E-state index in [2.05, 4.69) is 58.3 Å². The molecule has 0 unspecified atom stereocenters. The quantitative estimate of drug-likeness (QED) is 0.281. The highest BCUT2D eigenvalue weighted by atomic mass is 127. The van der Waals surface area contributed by atoms with Gasteiger partial charge in [0.1, 0.15) is 5.82 Å². The average molecular weight is 556 g/mol. The fourth-order valence-electron chi connectivity index (χ4n) is 3.76. The van der Waals surface area contributed by atoms with E-state index in [1.54, 1.807) is 12.4 Å². The van der Waals surface area contributed by atoms with Gasteiger partial charge in [-0.05, 0) is 41.3 Å². The van der Waals surface area contributed by atoms with Crippen LogP contribution in [0.25, 0.3) is 21.2 Å². The van der Waals surface area contributed by atoms with Crippen molar-refractivity contribution in [2.75, 3.05) is 42.1 Å². The molecule has 2 aromatic carbocycles. The number of thiazole rings is 1. The molecule has 0 bridgehead atoms. The molecule has 9 heteroatoms. The molecule has 162 valence electrons. The van der Waals surface area contributed by atoms with E-state index >= 15 is 0 Å². The molecule has 0 aliphatic carbocycles. The van der Waals surface area contributed by atoms with Gasteiger partial charge in [0.2, 0.25) is 0 Å². The molecule has 3 heterocycles. The van der Waals surface area contributed by atoms with Crippen LogP contribution in [0.15, 0.2) is 60.9 Å². The third-order valence-corrected chi connectivity index (χ3v) is 7.31. The van der Waals surface area contributed by atoms with Gasteiger partial charge in [0.05, 0.1) is 4.88 Å². The van der Waals surface area contributed by atoms with E-state index in [0.29, 0.717) is 16.5 Å². The normalized spacial score (nSPS) is 14.6. The summed E-state index contributed by atoms with van der Waals surface area (Å²) in [4.78, 5) is 24.8. The second kappa shape index (κ2) is 9.00. The van der Waals surface area contributed by atoms with Crippen molar-refractivity contribution < 1.29 is 4.79 Å². The number of carbonyl (C=O) groups excluding carboxylic acids is 1. The SMILES string of the molecule is Nc1ncc(-c2ccc3cnc(NC(=O)c4cccc(N5CCN(I)CC5)c4)cc3c2)s1. The maximum atomic E-state index is 12.9. The number of nitrogens with one attached hydrogen (secondary N) is 1. The number of rotatable bonds is 4. The number of nitrogen functional groups attached to an aromatic ring is 1. The predicted octanol–water partition coefficient (Wildman–Crippen LogP) is 4.66. The molecule has 0 radical (unpaired) electrons. The zero-order valence-electron chi connectivity index (χ0n) is 17.2. The Labute approximate surface area is 203 Å². The third kappa shape index (κ3) is 4.54. The van der Waals surface area contributed by atoms with Crippen LogP contribution in [0.3, 0.4) is 0 Å². The number of nitrogens with two attached hydrogens (primary N) is 1. The highest BCUT2D eigenvalue weighted by Gasteiger charge is 2.17. The number of nitrogens with zero attached hydrogens (tertiary/aromatic N) is 4. The van der Waals surface area contributed by atoms with E-state index < -0.39 is 0 Å². The van der Waals surface area contributed by atoms with Crippen molar-refractivity contribution in [1.29, 1.82) is 0 Å². The first kappa shape index (κ1) is 21.1. The standard InChI is InChI=1S/C23H21IN6OS/c24-30-8-6-29(7-9-30)19-3-1-2-16(11-19)22(31)28-21-12-18-10-15(4-5-17(18)13-26-21)20-14-27-23(25)32-20/h1-5,10-14H,6-9H2,(H2,25,27)(H,26,28,31). The molecule has 1 amide bonds. The Morgan fingerprint density at radius 2 is 1.84 bits per heavy atom. The summed E-state index contributed by atoms with van der Waals surface area (Å²) in [5.41, 5.74) is 8.50. The number of hydrogen-bond acceptors (Lipinski definition) is 7. The van der Waals surface area contributed by atoms with Crippen LogP contribution in [-0.2, 0) is 0 Å². The molecule has 1 saturated heterocycles. The Hall–Kier alpha value is -2.76. The van der Waals surface area contributed by atoms with Crippen LogP contribution in [0.2, 0.25) is 0 Å². The van der Waals surface area contributed by atoms with Crippen LogP contribution in [0.1, 0.15) is 10.4 Å². The molecular formula is C23H21IN6OS. The molecule has 3 N–H and O–H groups in total. The van der Waals surface area contributed by atoms with E-state index in [9.17, 15) is 4.79 Å². The van der Waals surface area contributed by atoms with Gasteiger partial charge < -0.3 is 16.0 Å². The van der Waals surface area contributed by atoms with Gasteiger partial charge in [0, 0.05) is 78.1 Å². The van der Waals surface area contributed by atoms with Gasteiger partial charge in [-0.2, -0.15) is 0 Å². The van der Waals surface area contributed by atoms with Crippen molar-refractivity contribution in [3.05, 3.63) is 66.5 Å². The Morgan fingerprint density at radius 3 is 2.62 bits per heavy atom. The van der Waals surface area contributed by atoms with Crippen LogP contribution in [0, 0.1) is 0 Å². The Bertz CT molecular complexity index is 1280. The molecule has 0 saturated carbocycles. The molecule has 32 heavy (non-hydrogen) atoms. The summed E-state index contributed by atoms with van der Waals surface area (Å²) in [6, 6.07) is 15.8. The summed E-state index contributed by atoms with van der Waals surface area (Å²) in [5.74, 6) is 0.352. The lowest BCUT2D eigenvalue weighted by atomic mass is 10.1. The minimum absolute atomic E-state index is 0.169. The Kier molecular flexibility index (Phi) is 5.94. The first-order valence-electron chi connectivity index (χ1n) is 10.2. The topological polar surface area (TPSA) is 87.4 Å². The fraction of sp³-hybridized carbons (Fsp3) is 0.174. The molecule has 1 aliphatic rings. The van der Waals surface area contributed by atoms with Crippen LogP contribution in [0.4, 0.5) is 16.6 Å². The molecule has 0 atom stereocenters. The average Bonchev–Trinajstić information content (AvgIpc) is 3.25. The second-order valence-electron chi connectivity index (χ2n) is 7.60. The first-order chi connectivity index (χ1) is 15.5. The summed E-state index contributed by atoms with van der Waals surface area (Å²) in [5, 5.41) is 5.48. The van der Waals surface area contributed by atoms with Gasteiger partial charge >= 0.3 is 0 Å². The van der Waals surface area contributed by atoms with Gasteiger partial charge in [-0.15, -0.1) is 0 Å². The second-order valence-corrected chi connectivity index (χ2v) is 10.0. The van der Waals surface area contributed by atoms with Crippen molar-refractivity contribution >= 4 is 67.5 Å². The zero-order chi connectivity index (χ0) is 22.1. The summed E-state index contributed by atoms with van der Waals surface area (Å²) >= 11 is 3.80. The van der Waals surface area contributed by atoms with Gasteiger partial charge in [-0.25, -0.2) is 13.1 Å². The lowest BCUT2D eigenvalue weighted by Gasteiger charge is -2.33. The molecule has 1 fully saturated rings. The van der Waals surface area contributed by atoms with Crippen LogP contribution in [-0.4, -0.2) is 45.2 Å². The monoisotopic (exact) mass is 556 g/mol.